The normalized spacial score (nSPS) is 33.0. The van der Waals surface area contributed by atoms with Crippen LogP contribution in [0, 0.1) is 5.92 Å². The van der Waals surface area contributed by atoms with Crippen LogP contribution < -0.4 is 10.2 Å². The number of rotatable bonds is 6. The van der Waals surface area contributed by atoms with Gasteiger partial charge in [0.1, 0.15) is 59.1 Å². The van der Waals surface area contributed by atoms with Gasteiger partial charge in [0.15, 0.2) is 17.3 Å². The molecule has 234 valence electrons. The van der Waals surface area contributed by atoms with E-state index in [4.69, 9.17) is 18.6 Å². The van der Waals surface area contributed by atoms with Gasteiger partial charge in [-0.05, 0) is 30.5 Å². The van der Waals surface area contributed by atoms with Crippen molar-refractivity contribution in [2.24, 2.45) is 5.92 Å². The molecule has 3 aromatic rings. The van der Waals surface area contributed by atoms with Gasteiger partial charge >= 0.3 is 0 Å². The molecule has 2 aromatic carbocycles. The highest BCUT2D eigenvalue weighted by molar-refractivity contribution is 5.88. The van der Waals surface area contributed by atoms with E-state index in [1.807, 2.05) is 0 Å². The van der Waals surface area contributed by atoms with Gasteiger partial charge in [0.05, 0.1) is 18.8 Å². The van der Waals surface area contributed by atoms with E-state index in [-0.39, 0.29) is 23.3 Å². The molecule has 1 aliphatic heterocycles. The van der Waals surface area contributed by atoms with Crippen molar-refractivity contribution in [2.45, 2.75) is 68.5 Å². The lowest BCUT2D eigenvalue weighted by Crippen LogP contribution is -2.61. The predicted octanol–water partition coefficient (Wildman–Crippen LogP) is -1.02. The average molecular weight is 609 g/mol. The summed E-state index contributed by atoms with van der Waals surface area (Å²) in [6, 6.07) is 5.30. The summed E-state index contributed by atoms with van der Waals surface area (Å²) in [4.78, 5) is 13.6. The Morgan fingerprint density at radius 1 is 0.814 bits per heavy atom. The van der Waals surface area contributed by atoms with Crippen molar-refractivity contribution in [2.75, 3.05) is 6.61 Å². The predicted molar refractivity (Wildman–Crippen MR) is 143 cm³/mol. The zero-order valence-electron chi connectivity index (χ0n) is 22.6. The molecule has 15 nitrogen and oxygen atoms in total. The third-order valence-corrected chi connectivity index (χ3v) is 7.80. The lowest BCUT2D eigenvalue weighted by Gasteiger charge is -2.42. The number of aromatic hydroxyl groups is 4. The molecule has 0 spiro atoms. The van der Waals surface area contributed by atoms with Crippen LogP contribution in [0.4, 0.5) is 0 Å². The Kier molecular flexibility index (Phi) is 8.43. The molecule has 5 rings (SSSR count). The molecule has 1 aromatic heterocycles. The van der Waals surface area contributed by atoms with Crippen LogP contribution in [0.15, 0.2) is 39.5 Å². The number of hydrogen-bond donors (Lipinski definition) is 10. The van der Waals surface area contributed by atoms with E-state index in [1.54, 1.807) is 6.92 Å². The zero-order chi connectivity index (χ0) is 31.3. The van der Waals surface area contributed by atoms with Gasteiger partial charge in [-0.25, -0.2) is 0 Å². The molecule has 1 saturated carbocycles. The quantitative estimate of drug-likeness (QED) is 0.150. The molecular weight excluding hydrogens is 576 g/mol. The summed E-state index contributed by atoms with van der Waals surface area (Å²) in [6.07, 6.45) is -13.7. The number of aliphatic hydroxyl groups excluding tert-OH is 6. The minimum atomic E-state index is -1.94. The van der Waals surface area contributed by atoms with Crippen LogP contribution in [0.2, 0.25) is 0 Å². The van der Waals surface area contributed by atoms with Gasteiger partial charge in [-0.15, -0.1) is 0 Å². The number of hydrogen-bond acceptors (Lipinski definition) is 15. The van der Waals surface area contributed by atoms with Crippen LogP contribution in [-0.2, 0) is 9.47 Å². The van der Waals surface area contributed by atoms with Gasteiger partial charge in [-0.1, -0.05) is 6.92 Å². The van der Waals surface area contributed by atoms with Gasteiger partial charge in [0.2, 0.25) is 17.5 Å². The Morgan fingerprint density at radius 2 is 1.51 bits per heavy atom. The molecule has 0 bridgehead atoms. The van der Waals surface area contributed by atoms with Crippen molar-refractivity contribution >= 4 is 11.0 Å². The Balaban J connectivity index is 1.48. The van der Waals surface area contributed by atoms with Crippen LogP contribution in [0.25, 0.3) is 22.3 Å². The van der Waals surface area contributed by atoms with E-state index in [0.717, 1.165) is 24.3 Å². The fraction of sp³-hybridized carbons (Fsp3) is 0.464. The molecule has 1 saturated heterocycles. The van der Waals surface area contributed by atoms with Gasteiger partial charge < -0.3 is 69.7 Å². The third kappa shape index (κ3) is 5.69. The molecule has 15 heteroatoms. The van der Waals surface area contributed by atoms with Gasteiger partial charge in [-0.3, -0.25) is 4.79 Å². The van der Waals surface area contributed by atoms with Gasteiger partial charge in [0.25, 0.3) is 0 Å². The second-order valence-corrected chi connectivity index (χ2v) is 10.8. The van der Waals surface area contributed by atoms with Crippen LogP contribution in [0.3, 0.4) is 0 Å². The molecule has 43 heavy (non-hydrogen) atoms. The van der Waals surface area contributed by atoms with Crippen LogP contribution in [0.5, 0.6) is 28.7 Å². The van der Waals surface area contributed by atoms with E-state index in [9.17, 15) is 55.9 Å². The fourth-order valence-electron chi connectivity index (χ4n) is 5.29. The Bertz CT molecular complexity index is 1540. The van der Waals surface area contributed by atoms with Crippen molar-refractivity contribution in [1.29, 1.82) is 0 Å². The molecule has 0 amide bonds. The monoisotopic (exact) mass is 608 g/mol. The highest BCUT2D eigenvalue weighted by Gasteiger charge is 2.47. The molecule has 0 radical (unpaired) electrons. The summed E-state index contributed by atoms with van der Waals surface area (Å²) in [5.74, 6) is -3.68. The number of benzene rings is 2. The first kappa shape index (κ1) is 30.8. The summed E-state index contributed by atoms with van der Waals surface area (Å²) in [6.45, 7) is 1.17. The smallest absolute Gasteiger partial charge is 0.239 e. The first-order valence-electron chi connectivity index (χ1n) is 13.4. The second kappa shape index (κ2) is 11.8. The topological polar surface area (TPSA) is 260 Å². The minimum Gasteiger partial charge on any atom is -0.508 e. The van der Waals surface area contributed by atoms with E-state index in [1.165, 1.54) is 6.07 Å². The SMILES string of the molecule is C[C@@H]1C[C@@H](OC[C@H]2O[C@@H](Oc3c(-c4ccc(O)c(O)c4)oc4cc(O)cc(O)c4c3=O)[C@H](O)[C@H](O)[C@@H]2O)[C@H](O)[C@@H](O)[C@H]1O. The van der Waals surface area contributed by atoms with E-state index < -0.39 is 107 Å². The highest BCUT2D eigenvalue weighted by Crippen LogP contribution is 2.39. The molecule has 10 atom stereocenters. The summed E-state index contributed by atoms with van der Waals surface area (Å²) >= 11 is 0. The highest BCUT2D eigenvalue weighted by atomic mass is 16.7. The maximum Gasteiger partial charge on any atom is 0.239 e. The summed E-state index contributed by atoms with van der Waals surface area (Å²) in [7, 11) is 0. The summed E-state index contributed by atoms with van der Waals surface area (Å²) in [5.41, 5.74) is -1.30. The lowest BCUT2D eigenvalue weighted by molar-refractivity contribution is -0.285. The first-order valence-corrected chi connectivity index (χ1v) is 13.4. The van der Waals surface area contributed by atoms with E-state index in [0.29, 0.717) is 0 Å². The molecule has 1 aliphatic carbocycles. The zero-order valence-corrected chi connectivity index (χ0v) is 22.6. The Morgan fingerprint density at radius 3 is 2.21 bits per heavy atom. The number of ether oxygens (including phenoxy) is 3. The van der Waals surface area contributed by atoms with Crippen molar-refractivity contribution in [3.05, 3.63) is 40.6 Å². The maximum atomic E-state index is 13.6. The Labute approximate surface area is 242 Å². The van der Waals surface area contributed by atoms with E-state index in [2.05, 4.69) is 0 Å². The van der Waals surface area contributed by atoms with Crippen LogP contribution in [0.1, 0.15) is 13.3 Å². The van der Waals surface area contributed by atoms with E-state index >= 15 is 0 Å². The second-order valence-electron chi connectivity index (χ2n) is 10.8. The van der Waals surface area contributed by atoms with Gasteiger partial charge in [0, 0.05) is 17.7 Å². The number of fused-ring (bicyclic) bond motifs is 1. The third-order valence-electron chi connectivity index (χ3n) is 7.80. The average Bonchev–Trinajstić information content (AvgIpc) is 2.96. The van der Waals surface area contributed by atoms with Crippen LogP contribution >= 0.6 is 0 Å². The standard InChI is InChI=1S/C28H32O15/c1-9-4-16(20(34)23(37)19(9)33)40-8-17-21(35)24(38)25(39)28(42-17)43-27-22(36)18-14(32)6-11(29)7-15(18)41-26(27)10-2-3-12(30)13(31)5-10/h2-3,5-7,9,16-17,19-21,23-25,28-35,37-39H,4,8H2,1H3/t9-,16-,17-,19+,20+,21-,23+,24-,25-,28+/m1/s1. The molecule has 2 fully saturated rings. The molecular formula is C28H32O15. The lowest BCUT2D eigenvalue weighted by atomic mass is 9.82. The molecule has 0 unspecified atom stereocenters. The molecule has 2 heterocycles. The Hall–Kier alpha value is -3.67. The van der Waals surface area contributed by atoms with Crippen molar-refractivity contribution < 1.29 is 69.7 Å². The summed E-state index contributed by atoms with van der Waals surface area (Å²) < 4.78 is 22.8. The number of phenols is 4. The van der Waals surface area contributed by atoms with Crippen molar-refractivity contribution in [1.82, 2.24) is 0 Å². The van der Waals surface area contributed by atoms with Gasteiger partial charge in [-0.2, -0.15) is 0 Å². The van der Waals surface area contributed by atoms with Crippen LogP contribution in [-0.4, -0.2) is 113 Å². The maximum absolute atomic E-state index is 13.6. The van der Waals surface area contributed by atoms with Crippen molar-refractivity contribution in [3.8, 4) is 40.1 Å². The summed E-state index contributed by atoms with van der Waals surface area (Å²) in [5, 5.41) is 102. The van der Waals surface area contributed by atoms with Crippen molar-refractivity contribution in [3.63, 3.8) is 0 Å². The number of aliphatic hydroxyl groups is 6. The first-order chi connectivity index (χ1) is 20.3. The fourth-order valence-corrected chi connectivity index (χ4v) is 5.29. The largest absolute Gasteiger partial charge is 0.508 e. The molecule has 10 N–H and O–H groups in total. The minimum absolute atomic E-state index is 0.0148. The number of phenolic OH excluding ortho intramolecular Hbond substituents is 4. The molecule has 2 aliphatic rings.